The Morgan fingerprint density at radius 2 is 1.76 bits per heavy atom. The summed E-state index contributed by atoms with van der Waals surface area (Å²) in [4.78, 5) is 41.5. The third kappa shape index (κ3) is 7.47. The molecule has 1 fully saturated rings. The molecule has 2 N–H and O–H groups in total. The molecule has 0 aliphatic heterocycles. The number of alkyl carbamates (subject to hydrolysis) is 1. The smallest absolute Gasteiger partial charge is 0.408 e. The van der Waals surface area contributed by atoms with E-state index in [0.29, 0.717) is 0 Å². The molecule has 0 radical (unpaired) electrons. The van der Waals surface area contributed by atoms with Gasteiger partial charge in [0.2, 0.25) is 11.8 Å². The van der Waals surface area contributed by atoms with E-state index in [9.17, 15) is 14.4 Å². The summed E-state index contributed by atoms with van der Waals surface area (Å²) in [6, 6.07) is 4.32. The van der Waals surface area contributed by atoms with Crippen LogP contribution in [0.5, 0.6) is 0 Å². The van der Waals surface area contributed by atoms with Gasteiger partial charge in [-0.25, -0.2) is 4.79 Å². The second-order valence-corrected chi connectivity index (χ2v) is 10.7. The maximum absolute atomic E-state index is 13.8. The molecule has 0 bridgehead atoms. The molecule has 2 rings (SSSR count). The standard InChI is InChI=1S/C27H43N3O4/c1-9-11-19(4)28-24(31)23(22-15-14-17(2)16-18(22)3)30(21-12-10-13-21)25(32)20(5)29-26(33)34-27(6,7)8/h14-16,19-21,23H,9-13H2,1-8H3,(H,28,31)(H,29,33). The van der Waals surface area contributed by atoms with Crippen molar-refractivity contribution in [3.8, 4) is 0 Å². The molecule has 1 aliphatic carbocycles. The minimum Gasteiger partial charge on any atom is -0.444 e. The van der Waals surface area contributed by atoms with Crippen molar-refractivity contribution >= 4 is 17.9 Å². The van der Waals surface area contributed by atoms with Crippen molar-refractivity contribution in [3.05, 3.63) is 34.9 Å². The van der Waals surface area contributed by atoms with E-state index in [1.165, 1.54) is 0 Å². The molecule has 1 aromatic rings. The lowest BCUT2D eigenvalue weighted by molar-refractivity contribution is -0.147. The first kappa shape index (κ1) is 27.7. The molecule has 0 spiro atoms. The van der Waals surface area contributed by atoms with Gasteiger partial charge in [-0.15, -0.1) is 0 Å². The molecule has 0 aromatic heterocycles. The van der Waals surface area contributed by atoms with E-state index in [-0.39, 0.29) is 23.9 Å². The van der Waals surface area contributed by atoms with E-state index in [0.717, 1.165) is 48.8 Å². The number of carbonyl (C=O) groups is 3. The van der Waals surface area contributed by atoms with Crippen molar-refractivity contribution in [2.45, 2.75) is 117 Å². The van der Waals surface area contributed by atoms with Crippen LogP contribution in [0.1, 0.15) is 96.4 Å². The monoisotopic (exact) mass is 473 g/mol. The summed E-state index contributed by atoms with van der Waals surface area (Å²) < 4.78 is 5.34. The second-order valence-electron chi connectivity index (χ2n) is 10.7. The van der Waals surface area contributed by atoms with Gasteiger partial charge in [-0.1, -0.05) is 37.1 Å². The van der Waals surface area contributed by atoms with Gasteiger partial charge in [-0.2, -0.15) is 0 Å². The van der Waals surface area contributed by atoms with Gasteiger partial charge in [0.1, 0.15) is 17.7 Å². The first-order chi connectivity index (χ1) is 15.8. The van der Waals surface area contributed by atoms with E-state index in [2.05, 4.69) is 17.6 Å². The van der Waals surface area contributed by atoms with E-state index >= 15 is 0 Å². The lowest BCUT2D eigenvalue weighted by atomic mass is 9.87. The van der Waals surface area contributed by atoms with E-state index in [4.69, 9.17) is 4.74 Å². The topological polar surface area (TPSA) is 87.7 Å². The number of nitrogens with zero attached hydrogens (tertiary/aromatic N) is 1. The summed E-state index contributed by atoms with van der Waals surface area (Å²) in [5.41, 5.74) is 2.21. The van der Waals surface area contributed by atoms with Crippen LogP contribution >= 0.6 is 0 Å². The van der Waals surface area contributed by atoms with E-state index in [1.807, 2.05) is 39.0 Å². The molecule has 190 valence electrons. The number of ether oxygens (including phenoxy) is 1. The summed E-state index contributed by atoms with van der Waals surface area (Å²) in [5.74, 6) is -0.462. The van der Waals surface area contributed by atoms with Crippen molar-refractivity contribution in [1.29, 1.82) is 0 Å². The number of nitrogens with one attached hydrogen (secondary N) is 2. The van der Waals surface area contributed by atoms with E-state index < -0.39 is 23.8 Å². The zero-order chi connectivity index (χ0) is 25.6. The summed E-state index contributed by atoms with van der Waals surface area (Å²) in [7, 11) is 0. The fourth-order valence-electron chi connectivity index (χ4n) is 4.33. The minimum atomic E-state index is -0.829. The Labute approximate surface area is 205 Å². The fraction of sp³-hybridized carbons (Fsp3) is 0.667. The van der Waals surface area contributed by atoms with Crippen LogP contribution in [-0.4, -0.2) is 46.5 Å². The van der Waals surface area contributed by atoms with Gasteiger partial charge >= 0.3 is 6.09 Å². The largest absolute Gasteiger partial charge is 0.444 e. The van der Waals surface area contributed by atoms with Crippen LogP contribution in [0.15, 0.2) is 18.2 Å². The number of carbonyl (C=O) groups excluding carboxylic acids is 3. The Morgan fingerprint density at radius 1 is 1.12 bits per heavy atom. The second kappa shape index (κ2) is 11.7. The number of hydrogen-bond acceptors (Lipinski definition) is 4. The van der Waals surface area contributed by atoms with Gasteiger partial charge in [-0.05, 0) is 85.3 Å². The van der Waals surface area contributed by atoms with Crippen molar-refractivity contribution in [2.24, 2.45) is 0 Å². The van der Waals surface area contributed by atoms with Crippen LogP contribution in [0.25, 0.3) is 0 Å². The lowest BCUT2D eigenvalue weighted by Crippen LogP contribution is -2.57. The highest BCUT2D eigenvalue weighted by Gasteiger charge is 2.41. The minimum absolute atomic E-state index is 0.00130. The maximum Gasteiger partial charge on any atom is 0.408 e. The number of rotatable bonds is 9. The number of aryl methyl sites for hydroxylation is 2. The summed E-state index contributed by atoms with van der Waals surface area (Å²) in [6.07, 6.45) is 3.85. The van der Waals surface area contributed by atoms with Gasteiger partial charge in [0.05, 0.1) is 0 Å². The van der Waals surface area contributed by atoms with Crippen molar-refractivity contribution < 1.29 is 19.1 Å². The molecule has 1 aromatic carbocycles. The van der Waals surface area contributed by atoms with E-state index in [1.54, 1.807) is 32.6 Å². The van der Waals surface area contributed by atoms with Gasteiger partial charge in [0.15, 0.2) is 0 Å². The SMILES string of the molecule is CCCC(C)NC(=O)C(c1ccc(C)cc1C)N(C(=O)C(C)NC(=O)OC(C)(C)C)C1CCC1. The highest BCUT2D eigenvalue weighted by atomic mass is 16.6. The highest BCUT2D eigenvalue weighted by Crippen LogP contribution is 2.35. The molecule has 34 heavy (non-hydrogen) atoms. The average Bonchev–Trinajstić information content (AvgIpc) is 2.65. The van der Waals surface area contributed by atoms with Crippen LogP contribution in [0.3, 0.4) is 0 Å². The van der Waals surface area contributed by atoms with Crippen molar-refractivity contribution in [2.75, 3.05) is 0 Å². The molecule has 1 aliphatic rings. The van der Waals surface area contributed by atoms with Crippen molar-refractivity contribution in [1.82, 2.24) is 15.5 Å². The van der Waals surface area contributed by atoms with Crippen LogP contribution in [0.4, 0.5) is 4.79 Å². The van der Waals surface area contributed by atoms with Gasteiger partial charge < -0.3 is 20.3 Å². The lowest BCUT2D eigenvalue weighted by Gasteiger charge is -2.43. The fourth-order valence-corrected chi connectivity index (χ4v) is 4.33. The molecule has 1 saturated carbocycles. The predicted octanol–water partition coefficient (Wildman–Crippen LogP) is 4.94. The quantitative estimate of drug-likeness (QED) is 0.532. The predicted molar refractivity (Wildman–Crippen MR) is 134 cm³/mol. The third-order valence-corrected chi connectivity index (χ3v) is 6.18. The molecular weight excluding hydrogens is 430 g/mol. The Bertz CT molecular complexity index is 873. The molecular formula is C27H43N3O4. The maximum atomic E-state index is 13.8. The number of benzene rings is 1. The van der Waals surface area contributed by atoms with Crippen LogP contribution in [0, 0.1) is 13.8 Å². The Balaban J connectivity index is 2.41. The zero-order valence-electron chi connectivity index (χ0n) is 22.2. The summed E-state index contributed by atoms with van der Waals surface area (Å²) in [5, 5.41) is 5.79. The zero-order valence-corrected chi connectivity index (χ0v) is 22.2. The Morgan fingerprint density at radius 3 is 2.26 bits per heavy atom. The van der Waals surface area contributed by atoms with Crippen LogP contribution in [0.2, 0.25) is 0 Å². The van der Waals surface area contributed by atoms with Crippen molar-refractivity contribution in [3.63, 3.8) is 0 Å². The normalized spacial score (nSPS) is 16.6. The summed E-state index contributed by atoms with van der Waals surface area (Å²) in [6.45, 7) is 15.0. The molecule has 3 amide bonds. The number of amides is 3. The Hall–Kier alpha value is -2.57. The van der Waals surface area contributed by atoms with Gasteiger partial charge in [-0.3, -0.25) is 9.59 Å². The first-order valence-electron chi connectivity index (χ1n) is 12.5. The molecule has 3 unspecified atom stereocenters. The number of hydrogen-bond donors (Lipinski definition) is 2. The average molecular weight is 474 g/mol. The van der Waals surface area contributed by atoms with Crippen LogP contribution < -0.4 is 10.6 Å². The third-order valence-electron chi connectivity index (χ3n) is 6.18. The van der Waals surface area contributed by atoms with Gasteiger partial charge in [0, 0.05) is 12.1 Å². The molecule has 0 heterocycles. The highest BCUT2D eigenvalue weighted by molar-refractivity contribution is 5.92. The first-order valence-corrected chi connectivity index (χ1v) is 12.5. The Kier molecular flexibility index (Phi) is 9.54. The molecule has 3 atom stereocenters. The van der Waals surface area contributed by atoms with Gasteiger partial charge in [0.25, 0.3) is 0 Å². The summed E-state index contributed by atoms with van der Waals surface area (Å²) >= 11 is 0. The molecule has 7 heteroatoms. The van der Waals surface area contributed by atoms with Crippen LogP contribution in [-0.2, 0) is 14.3 Å². The molecule has 0 saturated heterocycles. The molecule has 7 nitrogen and oxygen atoms in total.